The molecule has 0 aliphatic rings. The van der Waals surface area contributed by atoms with Crippen molar-refractivity contribution >= 4 is 51.9 Å². The van der Waals surface area contributed by atoms with Gasteiger partial charge in [-0.2, -0.15) is 5.26 Å². The Bertz CT molecular complexity index is 1020. The number of benzene rings is 2. The summed E-state index contributed by atoms with van der Waals surface area (Å²) in [6, 6.07) is 10.5. The number of nitriles is 1. The molecule has 5 nitrogen and oxygen atoms in total. The lowest BCUT2D eigenvalue weighted by Gasteiger charge is -2.12. The zero-order chi connectivity index (χ0) is 20.7. The molecule has 0 atom stereocenters. The Morgan fingerprint density at radius 3 is 2.82 bits per heavy atom. The second-order valence-corrected chi connectivity index (χ2v) is 7.13. The average Bonchev–Trinajstić information content (AvgIpc) is 2.68. The van der Waals surface area contributed by atoms with Crippen LogP contribution in [-0.2, 0) is 4.79 Å². The fourth-order valence-electron chi connectivity index (χ4n) is 2.32. The van der Waals surface area contributed by atoms with E-state index in [4.69, 9.17) is 27.5 Å². The van der Waals surface area contributed by atoms with Gasteiger partial charge in [-0.3, -0.25) is 4.79 Å². The standard InChI is InChI=1S/C21H16ClIN2O3/c1-4-8-28-20-17(23)10-14(11-19(20)27-3)9-15(12-24)21(26)25-18-7-5-6-16(22)13(18)2/h1,5-7,9-11H,8H2,2-3H3,(H,25,26)/b15-9-. The third-order valence-corrected chi connectivity index (χ3v) is 4.95. The molecular formula is C21H16ClIN2O3. The number of rotatable bonds is 6. The minimum Gasteiger partial charge on any atom is -0.493 e. The number of carbonyl (C=O) groups excluding carboxylic acids is 1. The molecule has 2 rings (SSSR count). The van der Waals surface area contributed by atoms with Crippen molar-refractivity contribution < 1.29 is 14.3 Å². The zero-order valence-corrected chi connectivity index (χ0v) is 18.1. The van der Waals surface area contributed by atoms with E-state index in [2.05, 4.69) is 33.8 Å². The molecule has 142 valence electrons. The highest BCUT2D eigenvalue weighted by molar-refractivity contribution is 14.1. The second-order valence-electron chi connectivity index (χ2n) is 5.56. The minimum atomic E-state index is -0.533. The summed E-state index contributed by atoms with van der Waals surface area (Å²) >= 11 is 8.15. The Morgan fingerprint density at radius 1 is 1.43 bits per heavy atom. The summed E-state index contributed by atoms with van der Waals surface area (Å²) in [5, 5.41) is 12.7. The van der Waals surface area contributed by atoms with Gasteiger partial charge >= 0.3 is 0 Å². The third kappa shape index (κ3) is 5.19. The molecule has 28 heavy (non-hydrogen) atoms. The molecule has 0 saturated heterocycles. The van der Waals surface area contributed by atoms with Gasteiger partial charge in [-0.1, -0.05) is 23.6 Å². The van der Waals surface area contributed by atoms with Crippen molar-refractivity contribution in [3.8, 4) is 29.9 Å². The number of hydrogen-bond acceptors (Lipinski definition) is 4. The van der Waals surface area contributed by atoms with Crippen LogP contribution in [0, 0.1) is 34.2 Å². The van der Waals surface area contributed by atoms with Crippen LogP contribution in [0.5, 0.6) is 11.5 Å². The molecule has 0 spiro atoms. The Balaban J connectivity index is 2.34. The Hall–Kier alpha value is -2.68. The first-order valence-electron chi connectivity index (χ1n) is 8.03. The van der Waals surface area contributed by atoms with E-state index in [1.54, 1.807) is 37.3 Å². The molecule has 0 saturated carbocycles. The average molecular weight is 507 g/mol. The van der Waals surface area contributed by atoms with E-state index in [-0.39, 0.29) is 12.2 Å². The minimum absolute atomic E-state index is 0.0606. The highest BCUT2D eigenvalue weighted by Crippen LogP contribution is 2.34. The first-order valence-corrected chi connectivity index (χ1v) is 9.49. The molecule has 0 radical (unpaired) electrons. The van der Waals surface area contributed by atoms with Gasteiger partial charge in [0.15, 0.2) is 11.5 Å². The van der Waals surface area contributed by atoms with Crippen molar-refractivity contribution in [3.63, 3.8) is 0 Å². The Morgan fingerprint density at radius 2 is 2.18 bits per heavy atom. The van der Waals surface area contributed by atoms with Crippen molar-refractivity contribution in [2.45, 2.75) is 6.92 Å². The summed E-state index contributed by atoms with van der Waals surface area (Å²) < 4.78 is 11.6. The number of hydrogen-bond donors (Lipinski definition) is 1. The molecule has 0 aliphatic carbocycles. The maximum Gasteiger partial charge on any atom is 0.266 e. The number of nitrogens with one attached hydrogen (secondary N) is 1. The second kappa shape index (κ2) is 10.0. The highest BCUT2D eigenvalue weighted by atomic mass is 127. The van der Waals surface area contributed by atoms with E-state index in [9.17, 15) is 10.1 Å². The highest BCUT2D eigenvalue weighted by Gasteiger charge is 2.15. The van der Waals surface area contributed by atoms with Crippen molar-refractivity contribution in [2.75, 3.05) is 19.0 Å². The Kier molecular flexibility index (Phi) is 7.74. The van der Waals surface area contributed by atoms with E-state index in [1.807, 2.05) is 6.07 Å². The number of terminal acetylenes is 1. The van der Waals surface area contributed by atoms with Crippen molar-refractivity contribution in [3.05, 3.63) is 55.6 Å². The molecule has 0 aromatic heterocycles. The predicted molar refractivity (Wildman–Crippen MR) is 118 cm³/mol. The number of ether oxygens (including phenoxy) is 2. The maximum atomic E-state index is 12.5. The summed E-state index contributed by atoms with van der Waals surface area (Å²) in [6.07, 6.45) is 6.71. The van der Waals surface area contributed by atoms with Gasteiger partial charge < -0.3 is 14.8 Å². The van der Waals surface area contributed by atoms with Crippen LogP contribution in [0.15, 0.2) is 35.9 Å². The molecular weight excluding hydrogens is 491 g/mol. The van der Waals surface area contributed by atoms with Gasteiger partial charge in [-0.05, 0) is 71.0 Å². The van der Waals surface area contributed by atoms with E-state index < -0.39 is 5.91 Å². The molecule has 7 heteroatoms. The molecule has 0 unspecified atom stereocenters. The van der Waals surface area contributed by atoms with E-state index in [0.29, 0.717) is 27.8 Å². The van der Waals surface area contributed by atoms with E-state index in [1.165, 1.54) is 13.2 Å². The number of amides is 1. The summed E-state index contributed by atoms with van der Waals surface area (Å²) in [4.78, 5) is 12.5. The molecule has 2 aromatic rings. The fourth-order valence-corrected chi connectivity index (χ4v) is 3.28. The van der Waals surface area contributed by atoms with Crippen LogP contribution in [-0.4, -0.2) is 19.6 Å². The molecule has 0 fully saturated rings. The summed E-state index contributed by atoms with van der Waals surface area (Å²) in [5.74, 6) is 2.83. The largest absolute Gasteiger partial charge is 0.493 e. The van der Waals surface area contributed by atoms with Gasteiger partial charge in [0, 0.05) is 10.7 Å². The van der Waals surface area contributed by atoms with Crippen LogP contribution < -0.4 is 14.8 Å². The molecule has 1 N–H and O–H groups in total. The molecule has 0 bridgehead atoms. The smallest absolute Gasteiger partial charge is 0.266 e. The number of halogens is 2. The third-order valence-electron chi connectivity index (χ3n) is 3.74. The van der Waals surface area contributed by atoms with E-state index in [0.717, 1.165) is 9.13 Å². The van der Waals surface area contributed by atoms with Gasteiger partial charge in [0.25, 0.3) is 5.91 Å². The van der Waals surface area contributed by atoms with Crippen LogP contribution in [0.2, 0.25) is 5.02 Å². The summed E-state index contributed by atoms with van der Waals surface area (Å²) in [6.45, 7) is 1.89. The van der Waals surface area contributed by atoms with Gasteiger partial charge in [0.1, 0.15) is 18.2 Å². The number of nitrogens with zero attached hydrogens (tertiary/aromatic N) is 1. The lowest BCUT2D eigenvalue weighted by atomic mass is 10.1. The first kappa shape index (κ1) is 21.6. The zero-order valence-electron chi connectivity index (χ0n) is 15.2. The monoisotopic (exact) mass is 506 g/mol. The number of methoxy groups -OCH3 is 1. The number of anilines is 1. The predicted octanol–water partition coefficient (Wildman–Crippen LogP) is 4.82. The lowest BCUT2D eigenvalue weighted by Crippen LogP contribution is -2.14. The van der Waals surface area contributed by atoms with Crippen LogP contribution in [0.1, 0.15) is 11.1 Å². The summed E-state index contributed by atoms with van der Waals surface area (Å²) in [5.41, 5.74) is 1.82. The molecule has 2 aromatic carbocycles. The molecule has 0 aliphatic heterocycles. The van der Waals surface area contributed by atoms with E-state index >= 15 is 0 Å². The normalized spacial score (nSPS) is 10.6. The SMILES string of the molecule is C#CCOc1c(I)cc(/C=C(/C#N)C(=O)Nc2cccc(Cl)c2C)cc1OC. The van der Waals surface area contributed by atoms with Crippen molar-refractivity contribution in [2.24, 2.45) is 0 Å². The van der Waals surface area contributed by atoms with Crippen LogP contribution in [0.25, 0.3) is 6.08 Å². The van der Waals surface area contributed by atoms with Gasteiger partial charge in [0.05, 0.1) is 10.7 Å². The summed E-state index contributed by atoms with van der Waals surface area (Å²) in [7, 11) is 1.50. The van der Waals surface area contributed by atoms with Crippen molar-refractivity contribution in [1.29, 1.82) is 5.26 Å². The van der Waals surface area contributed by atoms with Crippen LogP contribution in [0.4, 0.5) is 5.69 Å². The van der Waals surface area contributed by atoms with Crippen LogP contribution in [0.3, 0.4) is 0 Å². The van der Waals surface area contributed by atoms with Gasteiger partial charge in [-0.25, -0.2) is 0 Å². The number of carbonyl (C=O) groups is 1. The van der Waals surface area contributed by atoms with Crippen LogP contribution >= 0.6 is 34.2 Å². The Labute approximate surface area is 182 Å². The maximum absolute atomic E-state index is 12.5. The van der Waals surface area contributed by atoms with Gasteiger partial charge in [-0.15, -0.1) is 6.42 Å². The quantitative estimate of drug-likeness (QED) is 0.264. The van der Waals surface area contributed by atoms with Gasteiger partial charge in [0.2, 0.25) is 0 Å². The first-order chi connectivity index (χ1) is 13.4. The topological polar surface area (TPSA) is 71.3 Å². The molecule has 0 heterocycles. The fraction of sp³-hybridized carbons (Fsp3) is 0.143. The molecule has 1 amide bonds. The lowest BCUT2D eigenvalue weighted by molar-refractivity contribution is -0.112. The van der Waals surface area contributed by atoms with Crippen molar-refractivity contribution in [1.82, 2.24) is 0 Å².